The number of nitrogens with zero attached hydrogens (tertiary/aromatic N) is 2. The van der Waals surface area contributed by atoms with Crippen molar-refractivity contribution in [1.82, 2.24) is 9.97 Å². The minimum Gasteiger partial charge on any atom is -0.478 e. The normalized spacial score (nSPS) is 12.6. The number of ether oxygens (including phenoxy) is 1. The van der Waals surface area contributed by atoms with Gasteiger partial charge in [-0.2, -0.15) is 4.98 Å². The molecule has 17 heavy (non-hydrogen) atoms. The summed E-state index contributed by atoms with van der Waals surface area (Å²) >= 11 is 34.1. The lowest BCUT2D eigenvalue weighted by atomic mass is 10.4. The minimum atomic E-state index is -1.82. The number of hydrogen-bond donors (Lipinski definition) is 0. The van der Waals surface area contributed by atoms with Gasteiger partial charge in [-0.25, -0.2) is 4.98 Å². The van der Waals surface area contributed by atoms with Crippen molar-refractivity contribution < 1.29 is 4.74 Å². The fraction of sp³-hybridized carbons (Fsp3) is 0.500. The van der Waals surface area contributed by atoms with Crippen molar-refractivity contribution in [2.75, 3.05) is 6.61 Å². The molecule has 0 amide bonds. The molecule has 3 nitrogen and oxygen atoms in total. The van der Waals surface area contributed by atoms with Crippen molar-refractivity contribution in [3.63, 3.8) is 0 Å². The molecular formula is C8H6Cl6N2O. The molecule has 0 unspecified atom stereocenters. The van der Waals surface area contributed by atoms with Crippen LogP contribution in [0.4, 0.5) is 0 Å². The maximum absolute atomic E-state index is 5.71. The second-order valence-electron chi connectivity index (χ2n) is 2.84. The first-order chi connectivity index (χ1) is 7.64. The van der Waals surface area contributed by atoms with E-state index in [9.17, 15) is 0 Å². The highest BCUT2D eigenvalue weighted by molar-refractivity contribution is 6.67. The Hall–Kier alpha value is 0.620. The quantitative estimate of drug-likeness (QED) is 0.728. The van der Waals surface area contributed by atoms with Gasteiger partial charge in [0.1, 0.15) is 0 Å². The second kappa shape index (κ2) is 5.72. The van der Waals surface area contributed by atoms with Crippen LogP contribution in [0.25, 0.3) is 0 Å². The molecule has 0 aliphatic rings. The van der Waals surface area contributed by atoms with Crippen LogP contribution in [-0.4, -0.2) is 16.6 Å². The Morgan fingerprint density at radius 1 is 1.06 bits per heavy atom. The lowest BCUT2D eigenvalue weighted by molar-refractivity contribution is 0.324. The van der Waals surface area contributed by atoms with E-state index >= 15 is 0 Å². The molecule has 0 aromatic carbocycles. The van der Waals surface area contributed by atoms with Gasteiger partial charge in [0, 0.05) is 6.07 Å². The third-order valence-electron chi connectivity index (χ3n) is 1.54. The third-order valence-corrected chi connectivity index (χ3v) is 2.63. The summed E-state index contributed by atoms with van der Waals surface area (Å²) in [7, 11) is 0. The Morgan fingerprint density at radius 3 is 2.06 bits per heavy atom. The standard InChI is InChI=1S/C8H6Cl6N2O/c1-2-17-5-3-4(7(9,10)11)15-6(16-5)8(12,13)14/h3H,2H2,1H3. The number of alkyl halides is 6. The Kier molecular flexibility index (Phi) is 5.28. The zero-order chi connectivity index (χ0) is 13.3. The van der Waals surface area contributed by atoms with E-state index in [2.05, 4.69) is 9.97 Å². The van der Waals surface area contributed by atoms with Gasteiger partial charge in [0.2, 0.25) is 13.5 Å². The zero-order valence-corrected chi connectivity index (χ0v) is 12.9. The van der Waals surface area contributed by atoms with Gasteiger partial charge in [-0.05, 0) is 6.92 Å². The van der Waals surface area contributed by atoms with Crippen LogP contribution in [0.2, 0.25) is 0 Å². The van der Waals surface area contributed by atoms with Crippen LogP contribution in [0.5, 0.6) is 5.88 Å². The first kappa shape index (κ1) is 15.7. The summed E-state index contributed by atoms with van der Waals surface area (Å²) in [5, 5.41) is 0. The minimum absolute atomic E-state index is 0.0716. The van der Waals surface area contributed by atoms with Gasteiger partial charge in [-0.3, -0.25) is 0 Å². The van der Waals surface area contributed by atoms with E-state index in [4.69, 9.17) is 74.3 Å². The first-order valence-corrected chi connectivity index (χ1v) is 6.57. The average molecular weight is 359 g/mol. The molecule has 0 radical (unpaired) electrons. The van der Waals surface area contributed by atoms with Crippen LogP contribution in [0.1, 0.15) is 18.4 Å². The van der Waals surface area contributed by atoms with Crippen molar-refractivity contribution in [1.29, 1.82) is 0 Å². The molecule has 1 aromatic heterocycles. The summed E-state index contributed by atoms with van der Waals surface area (Å²) in [6.45, 7) is 2.14. The van der Waals surface area contributed by atoms with E-state index in [0.29, 0.717) is 6.61 Å². The van der Waals surface area contributed by atoms with Crippen LogP contribution < -0.4 is 4.74 Å². The van der Waals surface area contributed by atoms with E-state index in [1.807, 2.05) is 0 Å². The lowest BCUT2D eigenvalue weighted by Crippen LogP contribution is -2.14. The van der Waals surface area contributed by atoms with Gasteiger partial charge >= 0.3 is 0 Å². The smallest absolute Gasteiger partial charge is 0.250 e. The molecule has 0 spiro atoms. The van der Waals surface area contributed by atoms with Crippen LogP contribution in [0, 0.1) is 0 Å². The van der Waals surface area contributed by atoms with Gasteiger partial charge in [-0.1, -0.05) is 69.6 Å². The number of halogens is 6. The molecule has 1 heterocycles. The van der Waals surface area contributed by atoms with Crippen molar-refractivity contribution in [2.45, 2.75) is 14.5 Å². The summed E-state index contributed by atoms with van der Waals surface area (Å²) in [5.74, 6) is 0.0555. The molecular weight excluding hydrogens is 353 g/mol. The molecule has 96 valence electrons. The lowest BCUT2D eigenvalue weighted by Gasteiger charge is -2.16. The largest absolute Gasteiger partial charge is 0.478 e. The predicted octanol–water partition coefficient (Wildman–Crippen LogP) is 4.53. The molecule has 0 saturated heterocycles. The Labute approximate surface area is 128 Å². The topological polar surface area (TPSA) is 35.0 Å². The molecule has 0 aliphatic carbocycles. The molecule has 1 rings (SSSR count). The molecule has 0 fully saturated rings. The summed E-state index contributed by atoms with van der Waals surface area (Å²) in [4.78, 5) is 7.78. The van der Waals surface area contributed by atoms with Crippen molar-refractivity contribution in [2.24, 2.45) is 0 Å². The molecule has 1 aromatic rings. The molecule has 0 atom stereocenters. The van der Waals surface area contributed by atoms with Crippen LogP contribution in [0.3, 0.4) is 0 Å². The summed E-state index contributed by atoms with van der Waals surface area (Å²) in [5.41, 5.74) is 0.0716. The predicted molar refractivity (Wildman–Crippen MR) is 71.7 cm³/mol. The van der Waals surface area contributed by atoms with E-state index in [1.54, 1.807) is 6.92 Å². The fourth-order valence-electron chi connectivity index (χ4n) is 0.919. The van der Waals surface area contributed by atoms with E-state index in [-0.39, 0.29) is 17.4 Å². The van der Waals surface area contributed by atoms with Gasteiger partial charge < -0.3 is 4.74 Å². The highest BCUT2D eigenvalue weighted by atomic mass is 35.6. The van der Waals surface area contributed by atoms with Crippen molar-refractivity contribution in [3.8, 4) is 5.88 Å². The summed E-state index contributed by atoms with van der Waals surface area (Å²) in [6.07, 6.45) is 0. The van der Waals surface area contributed by atoms with E-state index < -0.39 is 7.59 Å². The van der Waals surface area contributed by atoms with Crippen LogP contribution in [-0.2, 0) is 7.59 Å². The van der Waals surface area contributed by atoms with Gasteiger partial charge in [-0.15, -0.1) is 0 Å². The monoisotopic (exact) mass is 356 g/mol. The highest BCUT2D eigenvalue weighted by Crippen LogP contribution is 2.41. The van der Waals surface area contributed by atoms with Crippen LogP contribution in [0.15, 0.2) is 6.07 Å². The highest BCUT2D eigenvalue weighted by Gasteiger charge is 2.32. The first-order valence-electron chi connectivity index (χ1n) is 4.31. The Bertz CT molecular complexity index is 368. The van der Waals surface area contributed by atoms with Crippen molar-refractivity contribution >= 4 is 69.6 Å². The second-order valence-corrected chi connectivity index (χ2v) is 7.41. The Morgan fingerprint density at radius 2 is 1.65 bits per heavy atom. The van der Waals surface area contributed by atoms with E-state index in [0.717, 1.165) is 0 Å². The zero-order valence-electron chi connectivity index (χ0n) is 8.35. The summed E-state index contributed by atoms with van der Waals surface area (Å²) in [6, 6.07) is 1.37. The third kappa shape index (κ3) is 4.66. The van der Waals surface area contributed by atoms with Gasteiger partial charge in [0.15, 0.2) is 5.82 Å². The molecule has 9 heteroatoms. The maximum atomic E-state index is 5.71. The van der Waals surface area contributed by atoms with Crippen molar-refractivity contribution in [3.05, 3.63) is 17.6 Å². The van der Waals surface area contributed by atoms with Gasteiger partial charge in [0.25, 0.3) is 0 Å². The maximum Gasteiger partial charge on any atom is 0.250 e. The van der Waals surface area contributed by atoms with E-state index in [1.165, 1.54) is 6.07 Å². The van der Waals surface area contributed by atoms with Crippen LogP contribution >= 0.6 is 69.6 Å². The number of rotatable bonds is 2. The SMILES string of the molecule is CCOc1cc(C(Cl)(Cl)Cl)nc(C(Cl)(Cl)Cl)n1. The Balaban J connectivity index is 3.29. The molecule has 0 saturated carbocycles. The average Bonchev–Trinajstić information content (AvgIpc) is 2.15. The van der Waals surface area contributed by atoms with Gasteiger partial charge in [0.05, 0.1) is 12.3 Å². The number of hydrogen-bond acceptors (Lipinski definition) is 3. The molecule has 0 bridgehead atoms. The fourth-order valence-corrected chi connectivity index (χ4v) is 1.46. The molecule has 0 aliphatic heterocycles. The molecule has 0 N–H and O–H groups in total. The summed E-state index contributed by atoms with van der Waals surface area (Å²) < 4.78 is 1.60. The number of aromatic nitrogens is 2.